The molecular formula is C12H24N2O. The van der Waals surface area contributed by atoms with Crippen molar-refractivity contribution in [3.8, 4) is 0 Å². The Morgan fingerprint density at radius 2 is 1.80 bits per heavy atom. The summed E-state index contributed by atoms with van der Waals surface area (Å²) in [5.41, 5.74) is 5.86. The molecule has 0 rings (SSSR count). The third kappa shape index (κ3) is 5.57. The Bertz CT molecular complexity index is 218. The number of rotatable bonds is 7. The first kappa shape index (κ1) is 14.2. The van der Waals surface area contributed by atoms with Gasteiger partial charge in [0.25, 0.3) is 0 Å². The van der Waals surface area contributed by atoms with Crippen molar-refractivity contribution in [1.82, 2.24) is 4.90 Å². The monoisotopic (exact) mass is 212 g/mol. The molecule has 1 unspecified atom stereocenters. The maximum Gasteiger partial charge on any atom is 0.244 e. The summed E-state index contributed by atoms with van der Waals surface area (Å²) >= 11 is 0. The molecule has 0 aromatic heterocycles. The van der Waals surface area contributed by atoms with Crippen LogP contribution in [0.15, 0.2) is 11.6 Å². The smallest absolute Gasteiger partial charge is 0.244 e. The summed E-state index contributed by atoms with van der Waals surface area (Å²) in [7, 11) is 0. The van der Waals surface area contributed by atoms with Gasteiger partial charge in [0.1, 0.15) is 0 Å². The van der Waals surface area contributed by atoms with E-state index in [1.807, 2.05) is 6.08 Å². The highest BCUT2D eigenvalue weighted by atomic mass is 16.1. The van der Waals surface area contributed by atoms with Gasteiger partial charge in [-0.1, -0.05) is 19.9 Å². The Hall–Kier alpha value is -0.830. The fourth-order valence-electron chi connectivity index (χ4n) is 1.64. The van der Waals surface area contributed by atoms with Gasteiger partial charge in [0.15, 0.2) is 0 Å². The molecule has 0 aliphatic carbocycles. The van der Waals surface area contributed by atoms with Gasteiger partial charge in [-0.3, -0.25) is 9.69 Å². The number of carbonyl (C=O) groups is 1. The van der Waals surface area contributed by atoms with E-state index in [1.165, 1.54) is 0 Å². The molecule has 2 N–H and O–H groups in total. The highest BCUT2D eigenvalue weighted by Crippen LogP contribution is 2.06. The molecular weight excluding hydrogens is 188 g/mol. The molecule has 0 aliphatic heterocycles. The zero-order chi connectivity index (χ0) is 11.8. The number of primary amides is 1. The maximum absolute atomic E-state index is 10.9. The zero-order valence-electron chi connectivity index (χ0n) is 10.4. The minimum absolute atomic E-state index is 0.289. The molecule has 3 nitrogen and oxygen atoms in total. The average Bonchev–Trinajstić information content (AvgIpc) is 2.17. The van der Waals surface area contributed by atoms with Crippen LogP contribution in [0.5, 0.6) is 0 Å². The normalized spacial score (nSPS) is 14.3. The Kier molecular flexibility index (Phi) is 7.05. The summed E-state index contributed by atoms with van der Waals surface area (Å²) in [6.07, 6.45) is 4.22. The molecule has 0 saturated heterocycles. The largest absolute Gasteiger partial charge is 0.366 e. The topological polar surface area (TPSA) is 46.3 Å². The van der Waals surface area contributed by atoms with E-state index in [1.54, 1.807) is 6.92 Å². The van der Waals surface area contributed by atoms with E-state index in [4.69, 9.17) is 5.73 Å². The number of nitrogens with zero attached hydrogens (tertiary/aromatic N) is 1. The van der Waals surface area contributed by atoms with Gasteiger partial charge in [-0.25, -0.2) is 0 Å². The Balaban J connectivity index is 4.41. The van der Waals surface area contributed by atoms with Crippen LogP contribution in [0, 0.1) is 0 Å². The molecule has 0 aromatic rings. The summed E-state index contributed by atoms with van der Waals surface area (Å²) in [6, 6.07) is 0.289. The third-order valence-corrected chi connectivity index (χ3v) is 2.48. The van der Waals surface area contributed by atoms with Crippen LogP contribution in [-0.2, 0) is 4.79 Å². The van der Waals surface area contributed by atoms with Crippen LogP contribution in [-0.4, -0.2) is 29.9 Å². The first-order chi connectivity index (χ1) is 7.02. The van der Waals surface area contributed by atoms with Gasteiger partial charge in [0, 0.05) is 11.6 Å². The van der Waals surface area contributed by atoms with Gasteiger partial charge in [0.2, 0.25) is 5.91 Å². The molecule has 3 heteroatoms. The van der Waals surface area contributed by atoms with Crippen molar-refractivity contribution in [2.24, 2.45) is 5.73 Å². The lowest BCUT2D eigenvalue weighted by atomic mass is 10.1. The summed E-state index contributed by atoms with van der Waals surface area (Å²) in [4.78, 5) is 13.3. The number of nitrogens with two attached hydrogens (primary N) is 1. The Labute approximate surface area is 93.3 Å². The molecule has 88 valence electrons. The molecule has 1 atom stereocenters. The average molecular weight is 212 g/mol. The fourth-order valence-corrected chi connectivity index (χ4v) is 1.64. The van der Waals surface area contributed by atoms with E-state index in [0.717, 1.165) is 25.9 Å². The lowest BCUT2D eigenvalue weighted by molar-refractivity contribution is -0.114. The van der Waals surface area contributed by atoms with Gasteiger partial charge in [-0.15, -0.1) is 0 Å². The lowest BCUT2D eigenvalue weighted by Gasteiger charge is -2.26. The fraction of sp³-hybridized carbons (Fsp3) is 0.750. The Morgan fingerprint density at radius 1 is 1.33 bits per heavy atom. The van der Waals surface area contributed by atoms with Gasteiger partial charge in [0.05, 0.1) is 0 Å². The molecule has 0 bridgehead atoms. The quantitative estimate of drug-likeness (QED) is 0.655. The molecule has 0 radical (unpaired) electrons. The van der Waals surface area contributed by atoms with Crippen molar-refractivity contribution in [2.75, 3.05) is 13.1 Å². The van der Waals surface area contributed by atoms with Crippen LogP contribution < -0.4 is 5.73 Å². The number of hydrogen-bond donors (Lipinski definition) is 1. The van der Waals surface area contributed by atoms with E-state index in [9.17, 15) is 4.79 Å². The standard InChI is InChI=1S/C12H24N2O/c1-5-7-14(8-6-2)11(4)9-10(3)12(13)15/h9,11H,5-8H2,1-4H3,(H2,13,15)/b10-9+. The molecule has 1 amide bonds. The highest BCUT2D eigenvalue weighted by Gasteiger charge is 2.10. The van der Waals surface area contributed by atoms with Crippen molar-refractivity contribution in [1.29, 1.82) is 0 Å². The van der Waals surface area contributed by atoms with E-state index < -0.39 is 0 Å². The summed E-state index contributed by atoms with van der Waals surface area (Å²) in [5, 5.41) is 0. The highest BCUT2D eigenvalue weighted by molar-refractivity contribution is 5.91. The van der Waals surface area contributed by atoms with Gasteiger partial charge in [-0.2, -0.15) is 0 Å². The summed E-state index contributed by atoms with van der Waals surface area (Å²) in [6.45, 7) is 10.3. The van der Waals surface area contributed by atoms with Crippen molar-refractivity contribution in [2.45, 2.75) is 46.6 Å². The van der Waals surface area contributed by atoms with Crippen molar-refractivity contribution >= 4 is 5.91 Å². The second kappa shape index (κ2) is 7.46. The molecule has 0 aromatic carbocycles. The number of amides is 1. The van der Waals surface area contributed by atoms with Gasteiger partial charge < -0.3 is 5.73 Å². The molecule has 0 saturated carbocycles. The van der Waals surface area contributed by atoms with Gasteiger partial charge in [-0.05, 0) is 39.8 Å². The van der Waals surface area contributed by atoms with Crippen LogP contribution in [0.25, 0.3) is 0 Å². The first-order valence-corrected chi connectivity index (χ1v) is 5.75. The molecule has 0 aliphatic rings. The molecule has 0 spiro atoms. The number of hydrogen-bond acceptors (Lipinski definition) is 2. The minimum atomic E-state index is -0.324. The lowest BCUT2D eigenvalue weighted by Crippen LogP contribution is -2.33. The minimum Gasteiger partial charge on any atom is -0.366 e. The Morgan fingerprint density at radius 3 is 2.13 bits per heavy atom. The van der Waals surface area contributed by atoms with Crippen molar-refractivity contribution in [3.05, 3.63) is 11.6 Å². The van der Waals surface area contributed by atoms with E-state index in [-0.39, 0.29) is 11.9 Å². The number of carbonyl (C=O) groups excluding carboxylic acids is 1. The molecule has 0 fully saturated rings. The van der Waals surface area contributed by atoms with E-state index in [0.29, 0.717) is 5.57 Å². The predicted octanol–water partition coefficient (Wildman–Crippen LogP) is 1.93. The predicted molar refractivity (Wildman–Crippen MR) is 64.6 cm³/mol. The molecule has 0 heterocycles. The van der Waals surface area contributed by atoms with Crippen molar-refractivity contribution < 1.29 is 4.79 Å². The summed E-state index contributed by atoms with van der Waals surface area (Å²) in [5.74, 6) is -0.324. The summed E-state index contributed by atoms with van der Waals surface area (Å²) < 4.78 is 0. The molecule has 15 heavy (non-hydrogen) atoms. The zero-order valence-corrected chi connectivity index (χ0v) is 10.4. The first-order valence-electron chi connectivity index (χ1n) is 5.75. The third-order valence-electron chi connectivity index (χ3n) is 2.48. The second-order valence-corrected chi connectivity index (χ2v) is 3.99. The van der Waals surface area contributed by atoms with Crippen LogP contribution in [0.1, 0.15) is 40.5 Å². The van der Waals surface area contributed by atoms with Crippen LogP contribution in [0.4, 0.5) is 0 Å². The van der Waals surface area contributed by atoms with E-state index >= 15 is 0 Å². The van der Waals surface area contributed by atoms with Gasteiger partial charge >= 0.3 is 0 Å². The van der Waals surface area contributed by atoms with Crippen LogP contribution in [0.2, 0.25) is 0 Å². The maximum atomic E-state index is 10.9. The SMILES string of the molecule is CCCN(CCC)C(C)/C=C(\C)C(N)=O. The van der Waals surface area contributed by atoms with E-state index in [2.05, 4.69) is 25.7 Å². The van der Waals surface area contributed by atoms with Crippen LogP contribution >= 0.6 is 0 Å². The second-order valence-electron chi connectivity index (χ2n) is 3.99. The van der Waals surface area contributed by atoms with Crippen molar-refractivity contribution in [3.63, 3.8) is 0 Å². The van der Waals surface area contributed by atoms with Crippen LogP contribution in [0.3, 0.4) is 0 Å².